The zero-order valence-corrected chi connectivity index (χ0v) is 8.14. The lowest BCUT2D eigenvalue weighted by atomic mass is 9.95. The van der Waals surface area contributed by atoms with Crippen molar-refractivity contribution in [1.82, 2.24) is 0 Å². The van der Waals surface area contributed by atoms with E-state index in [9.17, 15) is 0 Å². The molecule has 66 valence electrons. The molecule has 0 aromatic heterocycles. The average molecular weight is 162 g/mol. The number of hydrogen-bond acceptors (Lipinski definition) is 0. The Labute approximate surface area is 75.4 Å². The van der Waals surface area contributed by atoms with Crippen LogP contribution >= 0.6 is 0 Å². The van der Waals surface area contributed by atoms with Gasteiger partial charge in [-0.3, -0.25) is 0 Å². The van der Waals surface area contributed by atoms with Crippen molar-refractivity contribution in [2.75, 3.05) is 0 Å². The quantitative estimate of drug-likeness (QED) is 0.509. The molecular formula is C12H18. The summed E-state index contributed by atoms with van der Waals surface area (Å²) in [5.41, 5.74) is 3.43. The molecule has 0 amide bonds. The summed E-state index contributed by atoms with van der Waals surface area (Å²) in [6, 6.07) is 0. The first kappa shape index (κ1) is 8.10. The fourth-order valence-electron chi connectivity index (χ4n) is 2.52. The average Bonchev–Trinajstić information content (AvgIpc) is 2.30. The van der Waals surface area contributed by atoms with Gasteiger partial charge in [-0.15, -0.1) is 0 Å². The molecule has 0 aliphatic heterocycles. The third kappa shape index (κ3) is 1.24. The minimum atomic E-state index is 0.830. The van der Waals surface area contributed by atoms with Crippen LogP contribution in [-0.2, 0) is 0 Å². The summed E-state index contributed by atoms with van der Waals surface area (Å²) < 4.78 is 0. The molecule has 0 spiro atoms. The predicted molar refractivity (Wildman–Crippen MR) is 53.0 cm³/mol. The summed E-state index contributed by atoms with van der Waals surface area (Å²) in [6.07, 6.45) is 10.1. The van der Waals surface area contributed by atoms with Gasteiger partial charge >= 0.3 is 0 Å². The Morgan fingerprint density at radius 2 is 2.00 bits per heavy atom. The third-order valence-electron chi connectivity index (χ3n) is 3.41. The van der Waals surface area contributed by atoms with Crippen LogP contribution in [0.1, 0.15) is 39.5 Å². The Balaban J connectivity index is 2.32. The Kier molecular flexibility index (Phi) is 2.08. The molecule has 0 fully saturated rings. The van der Waals surface area contributed by atoms with E-state index < -0.39 is 0 Å². The largest absolute Gasteiger partial charge is 0.0842 e. The zero-order chi connectivity index (χ0) is 8.55. The van der Waals surface area contributed by atoms with Crippen molar-refractivity contribution in [1.29, 1.82) is 0 Å². The molecule has 0 N–H and O–H groups in total. The van der Waals surface area contributed by atoms with E-state index in [-0.39, 0.29) is 0 Å². The van der Waals surface area contributed by atoms with E-state index in [2.05, 4.69) is 26.0 Å². The van der Waals surface area contributed by atoms with Crippen molar-refractivity contribution in [3.05, 3.63) is 23.3 Å². The van der Waals surface area contributed by atoms with Crippen LogP contribution in [0.2, 0.25) is 0 Å². The van der Waals surface area contributed by atoms with Crippen molar-refractivity contribution < 1.29 is 0 Å². The lowest BCUT2D eigenvalue weighted by Gasteiger charge is -2.11. The van der Waals surface area contributed by atoms with Gasteiger partial charge in [0.15, 0.2) is 0 Å². The number of hydrogen-bond donors (Lipinski definition) is 0. The molecule has 0 heterocycles. The van der Waals surface area contributed by atoms with E-state index in [1.54, 1.807) is 11.1 Å². The standard InChI is InChI=1S/C12H18/c1-9-5-3-4-6-11-10(2)7-8-12(9)11/h4,6,9-10H,3,5,7-8H2,1-2H3/t9-,10-/m1/s1. The first-order valence-electron chi connectivity index (χ1n) is 5.18. The van der Waals surface area contributed by atoms with Gasteiger partial charge in [-0.05, 0) is 43.1 Å². The fourth-order valence-corrected chi connectivity index (χ4v) is 2.52. The second kappa shape index (κ2) is 3.08. The molecule has 2 aliphatic carbocycles. The lowest BCUT2D eigenvalue weighted by molar-refractivity contribution is 0.599. The Morgan fingerprint density at radius 3 is 2.83 bits per heavy atom. The molecule has 12 heavy (non-hydrogen) atoms. The Bertz CT molecular complexity index is 232. The molecule has 0 nitrogen and oxygen atoms in total. The molecule has 0 saturated carbocycles. The smallest absolute Gasteiger partial charge is 0.0188 e. The second-order valence-electron chi connectivity index (χ2n) is 4.30. The van der Waals surface area contributed by atoms with E-state index in [4.69, 9.17) is 0 Å². The van der Waals surface area contributed by atoms with Gasteiger partial charge in [0.2, 0.25) is 0 Å². The van der Waals surface area contributed by atoms with Gasteiger partial charge in [-0.2, -0.15) is 0 Å². The topological polar surface area (TPSA) is 0 Å². The summed E-state index contributed by atoms with van der Waals surface area (Å²) >= 11 is 0. The summed E-state index contributed by atoms with van der Waals surface area (Å²) in [5, 5.41) is 0. The van der Waals surface area contributed by atoms with Crippen molar-refractivity contribution in [2.45, 2.75) is 39.5 Å². The highest BCUT2D eigenvalue weighted by Gasteiger charge is 2.24. The van der Waals surface area contributed by atoms with Gasteiger partial charge in [-0.25, -0.2) is 0 Å². The summed E-state index contributed by atoms with van der Waals surface area (Å²) in [4.78, 5) is 0. The summed E-state index contributed by atoms with van der Waals surface area (Å²) in [5.74, 6) is 1.68. The highest BCUT2D eigenvalue weighted by atomic mass is 14.3. The molecule has 0 aromatic carbocycles. The number of allylic oxidation sites excluding steroid dienone is 4. The van der Waals surface area contributed by atoms with Crippen LogP contribution in [0.25, 0.3) is 0 Å². The summed E-state index contributed by atoms with van der Waals surface area (Å²) in [6.45, 7) is 4.76. The van der Waals surface area contributed by atoms with E-state index in [1.807, 2.05) is 0 Å². The van der Waals surface area contributed by atoms with Crippen LogP contribution in [0.4, 0.5) is 0 Å². The molecule has 2 atom stereocenters. The van der Waals surface area contributed by atoms with Gasteiger partial charge in [0, 0.05) is 0 Å². The van der Waals surface area contributed by atoms with Crippen molar-refractivity contribution in [3.63, 3.8) is 0 Å². The van der Waals surface area contributed by atoms with Crippen LogP contribution in [0.5, 0.6) is 0 Å². The SMILES string of the molecule is C[C@@H]1CCC2=C1C=CCC[C@H]2C. The first-order chi connectivity index (χ1) is 5.79. The van der Waals surface area contributed by atoms with Gasteiger partial charge in [0.1, 0.15) is 0 Å². The molecule has 0 bridgehead atoms. The number of rotatable bonds is 0. The molecule has 0 unspecified atom stereocenters. The molecule has 2 aliphatic rings. The van der Waals surface area contributed by atoms with Gasteiger partial charge in [-0.1, -0.05) is 31.6 Å². The van der Waals surface area contributed by atoms with Gasteiger partial charge < -0.3 is 0 Å². The molecule has 0 saturated heterocycles. The second-order valence-corrected chi connectivity index (χ2v) is 4.30. The molecule has 2 rings (SSSR count). The van der Waals surface area contributed by atoms with E-state index in [0.717, 1.165) is 11.8 Å². The van der Waals surface area contributed by atoms with Crippen LogP contribution < -0.4 is 0 Å². The highest BCUT2D eigenvalue weighted by Crippen LogP contribution is 2.39. The van der Waals surface area contributed by atoms with E-state index in [1.165, 1.54) is 25.7 Å². The Morgan fingerprint density at radius 1 is 1.17 bits per heavy atom. The van der Waals surface area contributed by atoms with Crippen LogP contribution in [0.15, 0.2) is 23.3 Å². The minimum Gasteiger partial charge on any atom is -0.0842 e. The van der Waals surface area contributed by atoms with Crippen molar-refractivity contribution >= 4 is 0 Å². The van der Waals surface area contributed by atoms with Crippen LogP contribution in [0, 0.1) is 11.8 Å². The van der Waals surface area contributed by atoms with E-state index in [0.29, 0.717) is 0 Å². The molecule has 0 radical (unpaired) electrons. The maximum absolute atomic E-state index is 2.39. The zero-order valence-electron chi connectivity index (χ0n) is 8.14. The lowest BCUT2D eigenvalue weighted by Crippen LogP contribution is -1.97. The summed E-state index contributed by atoms with van der Waals surface area (Å²) in [7, 11) is 0. The van der Waals surface area contributed by atoms with Gasteiger partial charge in [0.25, 0.3) is 0 Å². The van der Waals surface area contributed by atoms with Crippen LogP contribution in [0.3, 0.4) is 0 Å². The Hall–Kier alpha value is -0.520. The van der Waals surface area contributed by atoms with Crippen LogP contribution in [-0.4, -0.2) is 0 Å². The maximum atomic E-state index is 2.39. The molecular weight excluding hydrogens is 144 g/mol. The molecule has 0 heteroatoms. The minimum absolute atomic E-state index is 0.830. The maximum Gasteiger partial charge on any atom is -0.0188 e. The normalized spacial score (nSPS) is 35.2. The highest BCUT2D eigenvalue weighted by molar-refractivity contribution is 5.34. The van der Waals surface area contributed by atoms with E-state index >= 15 is 0 Å². The monoisotopic (exact) mass is 162 g/mol. The molecule has 0 aromatic rings. The third-order valence-corrected chi connectivity index (χ3v) is 3.41. The van der Waals surface area contributed by atoms with Gasteiger partial charge in [0.05, 0.1) is 0 Å². The predicted octanol–water partition coefficient (Wildman–Crippen LogP) is 3.70. The van der Waals surface area contributed by atoms with Crippen molar-refractivity contribution in [3.8, 4) is 0 Å². The fraction of sp³-hybridized carbons (Fsp3) is 0.667. The first-order valence-corrected chi connectivity index (χ1v) is 5.18. The van der Waals surface area contributed by atoms with Crippen molar-refractivity contribution in [2.24, 2.45) is 11.8 Å².